The van der Waals surface area contributed by atoms with Gasteiger partial charge in [-0.3, -0.25) is 9.67 Å². The predicted octanol–water partition coefficient (Wildman–Crippen LogP) is 6.12. The van der Waals surface area contributed by atoms with E-state index in [1.165, 1.54) is 16.7 Å². The number of nitrogens with zero attached hydrogens (tertiary/aromatic N) is 4. The molecule has 1 heterocycles. The molecule has 0 spiro atoms. The summed E-state index contributed by atoms with van der Waals surface area (Å²) in [6, 6.07) is 19.9. The Hall–Kier alpha value is -3.06. The number of rotatable bonds is 3. The standard InChI is InChI=1S/C27H25N4.Ir/c1-16-10-19(4)26(20(5)11-16)31-27(29-21(6)30-31)24-9-7-8-23(14-24)25-17(2)12-22(15-28)13-18(25)3;/h7-8,10-14H,1-6H3;/q-1;. The summed E-state index contributed by atoms with van der Waals surface area (Å²) in [6.07, 6.45) is 0. The van der Waals surface area contributed by atoms with Crippen LogP contribution in [0, 0.1) is 58.9 Å². The first-order chi connectivity index (χ1) is 14.8. The minimum atomic E-state index is 0. The van der Waals surface area contributed by atoms with E-state index in [9.17, 15) is 5.26 Å². The molecule has 1 radical (unpaired) electrons. The van der Waals surface area contributed by atoms with Gasteiger partial charge in [-0.15, -0.1) is 35.4 Å². The molecule has 0 aliphatic carbocycles. The van der Waals surface area contributed by atoms with Crippen LogP contribution in [0.15, 0.2) is 42.5 Å². The summed E-state index contributed by atoms with van der Waals surface area (Å²) >= 11 is 0. The van der Waals surface area contributed by atoms with E-state index < -0.39 is 0 Å². The maximum absolute atomic E-state index is 9.27. The number of nitriles is 1. The number of aromatic nitrogens is 3. The molecule has 4 aromatic rings. The molecule has 3 aromatic carbocycles. The summed E-state index contributed by atoms with van der Waals surface area (Å²) in [4.78, 5) is 4.75. The summed E-state index contributed by atoms with van der Waals surface area (Å²) in [7, 11) is 0. The van der Waals surface area contributed by atoms with E-state index in [1.54, 1.807) is 0 Å². The third-order valence-corrected chi connectivity index (χ3v) is 5.55. The van der Waals surface area contributed by atoms with Crippen molar-refractivity contribution in [3.8, 4) is 34.3 Å². The molecular weight excluding hydrogens is 573 g/mol. The fourth-order valence-corrected chi connectivity index (χ4v) is 4.49. The van der Waals surface area contributed by atoms with Crippen molar-refractivity contribution in [2.75, 3.05) is 0 Å². The normalized spacial score (nSPS) is 10.5. The fourth-order valence-electron chi connectivity index (χ4n) is 4.49. The van der Waals surface area contributed by atoms with E-state index >= 15 is 0 Å². The van der Waals surface area contributed by atoms with Gasteiger partial charge < -0.3 is 0 Å². The molecular formula is C27H25IrN4-. The molecule has 0 saturated heterocycles. The minimum Gasteiger partial charge on any atom is -0.262 e. The van der Waals surface area contributed by atoms with Crippen molar-refractivity contribution in [2.24, 2.45) is 0 Å². The Labute approximate surface area is 203 Å². The van der Waals surface area contributed by atoms with Crippen molar-refractivity contribution < 1.29 is 20.1 Å². The van der Waals surface area contributed by atoms with Crippen molar-refractivity contribution in [3.63, 3.8) is 0 Å². The molecule has 0 N–H and O–H groups in total. The van der Waals surface area contributed by atoms with Gasteiger partial charge in [0.25, 0.3) is 0 Å². The summed E-state index contributed by atoms with van der Waals surface area (Å²) in [5, 5.41) is 14.0. The van der Waals surface area contributed by atoms with Crippen LogP contribution in [0.25, 0.3) is 28.2 Å². The van der Waals surface area contributed by atoms with Gasteiger partial charge in [0.1, 0.15) is 5.82 Å². The second-order valence-electron chi connectivity index (χ2n) is 8.23. The molecule has 0 aliphatic rings. The van der Waals surface area contributed by atoms with Crippen LogP contribution in [0.5, 0.6) is 0 Å². The maximum Gasteiger partial charge on any atom is 0.137 e. The quantitative estimate of drug-likeness (QED) is 0.268. The van der Waals surface area contributed by atoms with Gasteiger partial charge in [0.2, 0.25) is 0 Å². The monoisotopic (exact) mass is 598 g/mol. The molecule has 0 unspecified atom stereocenters. The molecule has 0 saturated carbocycles. The third kappa shape index (κ3) is 4.30. The number of benzene rings is 3. The first kappa shape index (κ1) is 23.6. The summed E-state index contributed by atoms with van der Waals surface area (Å²) in [5.74, 6) is 1.50. The molecule has 5 heteroatoms. The van der Waals surface area contributed by atoms with Gasteiger partial charge >= 0.3 is 0 Å². The Bertz CT molecular complexity index is 1310. The fraction of sp³-hybridized carbons (Fsp3) is 0.222. The molecule has 0 amide bonds. The van der Waals surface area contributed by atoms with Gasteiger partial charge in [-0.05, 0) is 81.5 Å². The van der Waals surface area contributed by atoms with Gasteiger partial charge in [0, 0.05) is 20.1 Å². The zero-order valence-corrected chi connectivity index (χ0v) is 21.6. The SMILES string of the molecule is Cc1cc(C)c(-n2nc(C)nc2-c2[c-]ccc(-c3c(C)cc(C#N)cc3C)c2)c(C)c1.[Ir]. The molecule has 4 nitrogen and oxygen atoms in total. The summed E-state index contributed by atoms with van der Waals surface area (Å²) in [6.45, 7) is 12.3. The first-order valence-electron chi connectivity index (χ1n) is 10.3. The summed E-state index contributed by atoms with van der Waals surface area (Å²) in [5.41, 5.74) is 10.6. The van der Waals surface area contributed by atoms with Crippen LogP contribution in [0.3, 0.4) is 0 Å². The van der Waals surface area contributed by atoms with Crippen LogP contribution in [-0.2, 0) is 20.1 Å². The average Bonchev–Trinajstić information content (AvgIpc) is 3.08. The van der Waals surface area contributed by atoms with Crippen LogP contribution < -0.4 is 0 Å². The number of hydrogen-bond acceptors (Lipinski definition) is 3. The molecule has 0 aliphatic heterocycles. The van der Waals surface area contributed by atoms with E-state index in [0.29, 0.717) is 5.56 Å². The molecule has 0 fully saturated rings. The van der Waals surface area contributed by atoms with E-state index in [0.717, 1.165) is 45.2 Å². The Balaban J connectivity index is 0.00000289. The summed E-state index contributed by atoms with van der Waals surface area (Å²) < 4.78 is 1.94. The van der Waals surface area contributed by atoms with E-state index in [-0.39, 0.29) is 20.1 Å². The zero-order valence-electron chi connectivity index (χ0n) is 19.2. The van der Waals surface area contributed by atoms with Crippen molar-refractivity contribution in [2.45, 2.75) is 41.5 Å². The average molecular weight is 598 g/mol. The Morgan fingerprint density at radius 1 is 0.875 bits per heavy atom. The number of hydrogen-bond donors (Lipinski definition) is 0. The van der Waals surface area contributed by atoms with Gasteiger partial charge in [-0.2, -0.15) is 10.4 Å². The van der Waals surface area contributed by atoms with Crippen LogP contribution in [0.2, 0.25) is 0 Å². The maximum atomic E-state index is 9.27. The van der Waals surface area contributed by atoms with Crippen molar-refractivity contribution in [1.82, 2.24) is 14.8 Å². The van der Waals surface area contributed by atoms with Crippen LogP contribution in [-0.4, -0.2) is 14.8 Å². The van der Waals surface area contributed by atoms with Gasteiger partial charge in [-0.25, -0.2) is 0 Å². The largest absolute Gasteiger partial charge is 0.262 e. The third-order valence-electron chi connectivity index (χ3n) is 5.55. The van der Waals surface area contributed by atoms with E-state index in [4.69, 9.17) is 10.1 Å². The molecule has 32 heavy (non-hydrogen) atoms. The van der Waals surface area contributed by atoms with Crippen molar-refractivity contribution in [1.29, 1.82) is 5.26 Å². The second kappa shape index (κ2) is 9.20. The zero-order chi connectivity index (χ0) is 22.3. The topological polar surface area (TPSA) is 54.5 Å². The van der Waals surface area contributed by atoms with Crippen LogP contribution in [0.1, 0.15) is 39.2 Å². The van der Waals surface area contributed by atoms with Gasteiger partial charge in [-0.1, -0.05) is 17.7 Å². The molecule has 163 valence electrons. The molecule has 1 aromatic heterocycles. The van der Waals surface area contributed by atoms with Crippen LogP contribution >= 0.6 is 0 Å². The van der Waals surface area contributed by atoms with Crippen molar-refractivity contribution >= 4 is 0 Å². The van der Waals surface area contributed by atoms with Crippen LogP contribution in [0.4, 0.5) is 0 Å². The predicted molar refractivity (Wildman–Crippen MR) is 124 cm³/mol. The van der Waals surface area contributed by atoms with E-state index in [1.807, 2.05) is 43.7 Å². The molecule has 0 bridgehead atoms. The smallest absolute Gasteiger partial charge is 0.137 e. The van der Waals surface area contributed by atoms with E-state index in [2.05, 4.69) is 57.2 Å². The van der Waals surface area contributed by atoms with Crippen molar-refractivity contribution in [3.05, 3.63) is 87.7 Å². The van der Waals surface area contributed by atoms with Gasteiger partial charge in [0.05, 0.1) is 23.1 Å². The second-order valence-corrected chi connectivity index (χ2v) is 8.23. The minimum absolute atomic E-state index is 0. The van der Waals surface area contributed by atoms with Gasteiger partial charge in [0.15, 0.2) is 0 Å². The Kier molecular flexibility index (Phi) is 6.79. The Morgan fingerprint density at radius 2 is 1.50 bits per heavy atom. The number of aryl methyl sites for hydroxylation is 6. The Morgan fingerprint density at radius 3 is 2.09 bits per heavy atom. The first-order valence-corrected chi connectivity index (χ1v) is 10.3. The molecule has 4 rings (SSSR count). The molecule has 0 atom stereocenters.